The number of carbonyl (C=O) groups excluding carboxylic acids is 2. The van der Waals surface area contributed by atoms with Crippen LogP contribution in [-0.4, -0.2) is 35.1 Å². The smallest absolute Gasteiger partial charge is 0.325 e. The number of amides is 3. The number of nitrogens with zero attached hydrogens (tertiary/aromatic N) is 1. The van der Waals surface area contributed by atoms with Crippen LogP contribution in [0, 0.1) is 11.6 Å². The van der Waals surface area contributed by atoms with Crippen LogP contribution in [0.25, 0.3) is 0 Å². The number of hydrogen-bond acceptors (Lipinski definition) is 4. The lowest BCUT2D eigenvalue weighted by Gasteiger charge is -2.33. The van der Waals surface area contributed by atoms with Crippen molar-refractivity contribution in [3.05, 3.63) is 65.2 Å². The standard InChI is InChI=1S/C19H16F2N2O4/c20-13-6-5-11(9-14(13)21)15(24)10-23-17(25)19(22-18(23)26)7-8-27-16-4-2-1-3-12(16)19/h1-6,9,15,24H,7-8,10H2,(H,22,26)/t15-,19-/m0/s1. The lowest BCUT2D eigenvalue weighted by molar-refractivity contribution is -0.133. The summed E-state index contributed by atoms with van der Waals surface area (Å²) in [5, 5.41) is 13.0. The van der Waals surface area contributed by atoms with Crippen molar-refractivity contribution in [1.29, 1.82) is 0 Å². The summed E-state index contributed by atoms with van der Waals surface area (Å²) in [6.45, 7) is -0.122. The van der Waals surface area contributed by atoms with Gasteiger partial charge in [0.25, 0.3) is 5.91 Å². The van der Waals surface area contributed by atoms with Crippen molar-refractivity contribution in [2.24, 2.45) is 0 Å². The first kappa shape index (κ1) is 17.4. The predicted molar refractivity (Wildman–Crippen MR) is 89.8 cm³/mol. The fourth-order valence-corrected chi connectivity index (χ4v) is 3.54. The van der Waals surface area contributed by atoms with Crippen molar-refractivity contribution >= 4 is 11.9 Å². The van der Waals surface area contributed by atoms with E-state index in [2.05, 4.69) is 5.32 Å². The first-order valence-corrected chi connectivity index (χ1v) is 8.42. The van der Waals surface area contributed by atoms with Crippen molar-refractivity contribution < 1.29 is 28.2 Å². The summed E-state index contributed by atoms with van der Waals surface area (Å²) in [7, 11) is 0. The van der Waals surface area contributed by atoms with Crippen LogP contribution in [0.4, 0.5) is 13.6 Å². The molecule has 0 aliphatic carbocycles. The maximum absolute atomic E-state index is 13.4. The lowest BCUT2D eigenvalue weighted by Crippen LogP contribution is -2.47. The van der Waals surface area contributed by atoms with Gasteiger partial charge in [-0.1, -0.05) is 24.3 Å². The minimum absolute atomic E-state index is 0.0721. The summed E-state index contributed by atoms with van der Waals surface area (Å²) in [4.78, 5) is 26.4. The fraction of sp³-hybridized carbons (Fsp3) is 0.263. The zero-order valence-corrected chi connectivity index (χ0v) is 14.1. The Hall–Kier alpha value is -3.00. The third-order valence-corrected chi connectivity index (χ3v) is 4.94. The number of aliphatic hydroxyl groups is 1. The largest absolute Gasteiger partial charge is 0.493 e. The van der Waals surface area contributed by atoms with Gasteiger partial charge < -0.3 is 15.2 Å². The van der Waals surface area contributed by atoms with Gasteiger partial charge in [0.2, 0.25) is 0 Å². The zero-order chi connectivity index (χ0) is 19.2. The molecule has 0 radical (unpaired) electrons. The van der Waals surface area contributed by atoms with E-state index in [1.165, 1.54) is 6.07 Å². The normalized spacial score (nSPS) is 22.4. The van der Waals surface area contributed by atoms with Gasteiger partial charge in [-0.25, -0.2) is 13.6 Å². The molecule has 1 saturated heterocycles. The molecule has 4 rings (SSSR count). The number of halogens is 2. The number of ether oxygens (including phenoxy) is 1. The highest BCUT2D eigenvalue weighted by Gasteiger charge is 2.55. The summed E-state index contributed by atoms with van der Waals surface area (Å²) >= 11 is 0. The number of carbonyl (C=O) groups is 2. The maximum Gasteiger partial charge on any atom is 0.325 e. The molecule has 140 valence electrons. The number of benzene rings is 2. The van der Waals surface area contributed by atoms with Crippen LogP contribution >= 0.6 is 0 Å². The number of β-amino-alcohol motifs (C(OH)–C–C–N with tert-alkyl or cyclic N) is 1. The Morgan fingerprint density at radius 1 is 1.19 bits per heavy atom. The van der Waals surface area contributed by atoms with Gasteiger partial charge in [0, 0.05) is 12.0 Å². The molecular formula is C19H16F2N2O4. The van der Waals surface area contributed by atoms with Gasteiger partial charge >= 0.3 is 6.03 Å². The number of para-hydroxylation sites is 1. The van der Waals surface area contributed by atoms with Crippen LogP contribution in [-0.2, 0) is 10.3 Å². The number of imide groups is 1. The Morgan fingerprint density at radius 2 is 1.96 bits per heavy atom. The Labute approximate surface area is 153 Å². The second kappa shape index (κ2) is 6.31. The van der Waals surface area contributed by atoms with Crippen LogP contribution in [0.3, 0.4) is 0 Å². The summed E-state index contributed by atoms with van der Waals surface area (Å²) in [6, 6.07) is 9.22. The van der Waals surface area contributed by atoms with Gasteiger partial charge in [0.05, 0.1) is 19.3 Å². The summed E-state index contributed by atoms with van der Waals surface area (Å²) in [6.07, 6.45) is -1.09. The van der Waals surface area contributed by atoms with Crippen LogP contribution < -0.4 is 10.1 Å². The van der Waals surface area contributed by atoms with Crippen LogP contribution in [0.5, 0.6) is 5.75 Å². The molecule has 1 fully saturated rings. The van der Waals surface area contributed by atoms with Crippen LogP contribution in [0.15, 0.2) is 42.5 Å². The van der Waals surface area contributed by atoms with Crippen molar-refractivity contribution in [1.82, 2.24) is 10.2 Å². The van der Waals surface area contributed by atoms with Crippen LogP contribution in [0.1, 0.15) is 23.7 Å². The highest BCUT2D eigenvalue weighted by Crippen LogP contribution is 2.41. The molecule has 2 aromatic rings. The third-order valence-electron chi connectivity index (χ3n) is 4.94. The van der Waals surface area contributed by atoms with E-state index in [1.807, 2.05) is 0 Å². The highest BCUT2D eigenvalue weighted by molar-refractivity contribution is 6.08. The Balaban J connectivity index is 1.62. The van der Waals surface area contributed by atoms with E-state index in [0.717, 1.165) is 17.0 Å². The van der Waals surface area contributed by atoms with E-state index in [9.17, 15) is 23.5 Å². The summed E-state index contributed by atoms with van der Waals surface area (Å²) in [5.74, 6) is -2.15. The number of hydrogen-bond donors (Lipinski definition) is 2. The molecule has 2 aliphatic heterocycles. The average molecular weight is 374 g/mol. The number of nitrogens with one attached hydrogen (secondary N) is 1. The molecule has 2 heterocycles. The third kappa shape index (κ3) is 2.73. The number of urea groups is 1. The molecule has 2 N–H and O–H groups in total. The van der Waals surface area contributed by atoms with E-state index >= 15 is 0 Å². The molecule has 2 aliphatic rings. The van der Waals surface area contributed by atoms with E-state index < -0.39 is 35.2 Å². The molecule has 0 saturated carbocycles. The molecule has 0 unspecified atom stereocenters. The van der Waals surface area contributed by atoms with Gasteiger partial charge in [-0.3, -0.25) is 9.69 Å². The maximum atomic E-state index is 13.4. The van der Waals surface area contributed by atoms with E-state index in [1.54, 1.807) is 24.3 Å². The molecular weight excluding hydrogens is 358 g/mol. The predicted octanol–water partition coefficient (Wildman–Crippen LogP) is 2.23. The van der Waals surface area contributed by atoms with Crippen molar-refractivity contribution in [3.63, 3.8) is 0 Å². The van der Waals surface area contributed by atoms with E-state index in [-0.39, 0.29) is 25.1 Å². The fourth-order valence-electron chi connectivity index (χ4n) is 3.54. The Bertz CT molecular complexity index is 936. The molecule has 6 nitrogen and oxygen atoms in total. The van der Waals surface area contributed by atoms with E-state index in [0.29, 0.717) is 11.3 Å². The SMILES string of the molecule is O=C1N[C@]2(CCOc3ccccc32)C(=O)N1C[C@H](O)c1ccc(F)c(F)c1. The monoisotopic (exact) mass is 374 g/mol. The van der Waals surface area contributed by atoms with Crippen molar-refractivity contribution in [2.45, 2.75) is 18.1 Å². The van der Waals surface area contributed by atoms with Crippen molar-refractivity contribution in [3.8, 4) is 5.75 Å². The zero-order valence-electron chi connectivity index (χ0n) is 14.1. The van der Waals surface area contributed by atoms with Gasteiger partial charge in [0.15, 0.2) is 17.2 Å². The second-order valence-corrected chi connectivity index (χ2v) is 6.54. The number of fused-ring (bicyclic) bond motifs is 2. The molecule has 0 aromatic heterocycles. The van der Waals surface area contributed by atoms with Gasteiger partial charge in [-0.2, -0.15) is 0 Å². The molecule has 2 aromatic carbocycles. The Morgan fingerprint density at radius 3 is 2.74 bits per heavy atom. The van der Waals surface area contributed by atoms with Gasteiger partial charge in [0.1, 0.15) is 5.75 Å². The van der Waals surface area contributed by atoms with Crippen LogP contribution in [0.2, 0.25) is 0 Å². The molecule has 8 heteroatoms. The van der Waals surface area contributed by atoms with Gasteiger partial charge in [-0.05, 0) is 23.8 Å². The number of aliphatic hydroxyl groups excluding tert-OH is 1. The summed E-state index contributed by atoms with van der Waals surface area (Å²) < 4.78 is 32.0. The number of rotatable bonds is 3. The molecule has 1 spiro atoms. The highest BCUT2D eigenvalue weighted by atomic mass is 19.2. The molecule has 0 bridgehead atoms. The quantitative estimate of drug-likeness (QED) is 0.808. The first-order chi connectivity index (χ1) is 12.9. The van der Waals surface area contributed by atoms with E-state index in [4.69, 9.17) is 4.74 Å². The molecule has 27 heavy (non-hydrogen) atoms. The average Bonchev–Trinajstić information content (AvgIpc) is 2.89. The topological polar surface area (TPSA) is 78.9 Å². The van der Waals surface area contributed by atoms with Crippen molar-refractivity contribution in [2.75, 3.05) is 13.2 Å². The second-order valence-electron chi connectivity index (χ2n) is 6.54. The minimum Gasteiger partial charge on any atom is -0.493 e. The Kier molecular flexibility index (Phi) is 4.07. The first-order valence-electron chi connectivity index (χ1n) is 8.42. The minimum atomic E-state index is -1.35. The summed E-state index contributed by atoms with van der Waals surface area (Å²) in [5.41, 5.74) is -0.623. The molecule has 2 atom stereocenters. The molecule has 3 amide bonds. The van der Waals surface area contributed by atoms with Gasteiger partial charge in [-0.15, -0.1) is 0 Å². The lowest BCUT2D eigenvalue weighted by atomic mass is 9.84.